The second-order valence-electron chi connectivity index (χ2n) is 6.99. The molecule has 1 heterocycles. The number of rotatable bonds is 4. The van der Waals surface area contributed by atoms with Gasteiger partial charge in [0.05, 0.1) is 0 Å². The minimum Gasteiger partial charge on any atom is -0.444 e. The van der Waals surface area contributed by atoms with Gasteiger partial charge in [0.1, 0.15) is 5.60 Å². The third-order valence-corrected chi connectivity index (χ3v) is 3.66. The van der Waals surface area contributed by atoms with Crippen LogP contribution in [0.3, 0.4) is 0 Å². The summed E-state index contributed by atoms with van der Waals surface area (Å²) in [7, 11) is 4.17. The van der Waals surface area contributed by atoms with Crippen molar-refractivity contribution >= 4 is 6.09 Å². The summed E-state index contributed by atoms with van der Waals surface area (Å²) in [5.41, 5.74) is -0.420. The summed E-state index contributed by atoms with van der Waals surface area (Å²) < 4.78 is 5.44. The molecule has 20 heavy (non-hydrogen) atoms. The minimum absolute atomic E-state index is 0.190. The highest BCUT2D eigenvalue weighted by atomic mass is 16.6. The normalized spacial score (nSPS) is 21.9. The molecule has 0 bridgehead atoms. The van der Waals surface area contributed by atoms with Gasteiger partial charge < -0.3 is 19.9 Å². The van der Waals surface area contributed by atoms with E-state index >= 15 is 0 Å². The molecule has 5 heteroatoms. The third-order valence-electron chi connectivity index (χ3n) is 3.66. The number of piperidine rings is 1. The van der Waals surface area contributed by atoms with Crippen LogP contribution in [0.1, 0.15) is 40.5 Å². The van der Waals surface area contributed by atoms with E-state index < -0.39 is 5.60 Å². The first-order valence-corrected chi connectivity index (χ1v) is 7.57. The van der Waals surface area contributed by atoms with Gasteiger partial charge >= 0.3 is 6.09 Å². The highest BCUT2D eigenvalue weighted by Gasteiger charge is 2.27. The van der Waals surface area contributed by atoms with E-state index in [1.54, 1.807) is 0 Å². The molecular weight excluding hydrogens is 254 g/mol. The summed E-state index contributed by atoms with van der Waals surface area (Å²) in [5, 5.41) is 3.56. The maximum atomic E-state index is 12.1. The Labute approximate surface area is 123 Å². The van der Waals surface area contributed by atoms with Crippen LogP contribution in [0.2, 0.25) is 0 Å². The van der Waals surface area contributed by atoms with E-state index in [9.17, 15) is 4.79 Å². The van der Waals surface area contributed by atoms with Crippen LogP contribution in [0.5, 0.6) is 0 Å². The van der Waals surface area contributed by atoms with Crippen molar-refractivity contribution < 1.29 is 9.53 Å². The molecule has 0 saturated carbocycles. The number of hydrogen-bond acceptors (Lipinski definition) is 4. The maximum Gasteiger partial charge on any atom is 0.410 e. The van der Waals surface area contributed by atoms with Crippen molar-refractivity contribution in [1.82, 2.24) is 15.1 Å². The molecule has 0 aromatic rings. The number of hydrogen-bond donors (Lipinski definition) is 1. The molecule has 0 aromatic carbocycles. The van der Waals surface area contributed by atoms with Crippen LogP contribution >= 0.6 is 0 Å². The van der Waals surface area contributed by atoms with Crippen LogP contribution in [-0.4, -0.2) is 67.3 Å². The van der Waals surface area contributed by atoms with E-state index in [0.717, 1.165) is 32.5 Å². The molecule has 0 radical (unpaired) electrons. The SMILES string of the molecule is CC(CNC1CCCN(C(=O)OC(C)(C)C)C1)N(C)C. The van der Waals surface area contributed by atoms with E-state index in [4.69, 9.17) is 4.74 Å². The van der Waals surface area contributed by atoms with Crippen LogP contribution in [0.25, 0.3) is 0 Å². The van der Waals surface area contributed by atoms with Gasteiger partial charge in [-0.2, -0.15) is 0 Å². The Morgan fingerprint density at radius 1 is 1.45 bits per heavy atom. The Morgan fingerprint density at radius 2 is 2.10 bits per heavy atom. The molecular formula is C15H31N3O2. The number of likely N-dealkylation sites (N-methyl/N-ethyl adjacent to an activating group) is 1. The number of carbonyl (C=O) groups is 1. The van der Waals surface area contributed by atoms with Gasteiger partial charge in [-0.3, -0.25) is 0 Å². The van der Waals surface area contributed by atoms with Crippen molar-refractivity contribution in [3.63, 3.8) is 0 Å². The van der Waals surface area contributed by atoms with E-state index in [2.05, 4.69) is 31.2 Å². The van der Waals surface area contributed by atoms with Gasteiger partial charge in [0.15, 0.2) is 0 Å². The lowest BCUT2D eigenvalue weighted by atomic mass is 10.1. The largest absolute Gasteiger partial charge is 0.444 e. The van der Waals surface area contributed by atoms with Crippen LogP contribution < -0.4 is 5.32 Å². The first-order chi connectivity index (χ1) is 9.19. The van der Waals surface area contributed by atoms with Gasteiger partial charge in [-0.05, 0) is 54.6 Å². The fraction of sp³-hybridized carbons (Fsp3) is 0.933. The van der Waals surface area contributed by atoms with Crippen molar-refractivity contribution in [3.05, 3.63) is 0 Å². The highest BCUT2D eigenvalue weighted by Crippen LogP contribution is 2.15. The number of amides is 1. The minimum atomic E-state index is -0.420. The van der Waals surface area contributed by atoms with Crippen molar-refractivity contribution in [3.8, 4) is 0 Å². The average molecular weight is 285 g/mol. The predicted octanol–water partition coefficient (Wildman–Crippen LogP) is 1.93. The summed E-state index contributed by atoms with van der Waals surface area (Å²) in [6, 6.07) is 0.866. The standard InChI is InChI=1S/C15H31N3O2/c1-12(17(5)6)10-16-13-8-7-9-18(11-13)14(19)20-15(2,3)4/h12-13,16H,7-11H2,1-6H3. The lowest BCUT2D eigenvalue weighted by Gasteiger charge is -2.35. The monoisotopic (exact) mass is 285 g/mol. The Bertz CT molecular complexity index is 313. The van der Waals surface area contributed by atoms with Crippen LogP contribution in [0.4, 0.5) is 4.79 Å². The van der Waals surface area contributed by atoms with Crippen LogP contribution in [0.15, 0.2) is 0 Å². The number of nitrogens with zero attached hydrogens (tertiary/aromatic N) is 2. The molecule has 1 rings (SSSR count). The van der Waals surface area contributed by atoms with Crippen molar-refractivity contribution in [2.75, 3.05) is 33.7 Å². The molecule has 1 saturated heterocycles. The molecule has 0 aliphatic carbocycles. The summed E-state index contributed by atoms with van der Waals surface area (Å²) in [6.07, 6.45) is 1.97. The molecule has 5 nitrogen and oxygen atoms in total. The topological polar surface area (TPSA) is 44.8 Å². The van der Waals surface area contributed by atoms with E-state index in [-0.39, 0.29) is 6.09 Å². The zero-order valence-electron chi connectivity index (χ0n) is 13.9. The van der Waals surface area contributed by atoms with E-state index in [1.165, 1.54) is 0 Å². The third kappa shape index (κ3) is 6.09. The molecule has 0 spiro atoms. The van der Waals surface area contributed by atoms with Gasteiger partial charge in [-0.1, -0.05) is 0 Å². The highest BCUT2D eigenvalue weighted by molar-refractivity contribution is 5.68. The zero-order valence-corrected chi connectivity index (χ0v) is 13.9. The molecule has 1 aliphatic heterocycles. The van der Waals surface area contributed by atoms with E-state index in [0.29, 0.717) is 12.1 Å². The molecule has 1 fully saturated rings. The second-order valence-corrected chi connectivity index (χ2v) is 6.99. The molecule has 1 N–H and O–H groups in total. The molecule has 0 aromatic heterocycles. The molecule has 118 valence electrons. The number of carbonyl (C=O) groups excluding carboxylic acids is 1. The fourth-order valence-electron chi connectivity index (χ4n) is 2.16. The van der Waals surface area contributed by atoms with Gasteiger partial charge in [0, 0.05) is 31.7 Å². The first-order valence-electron chi connectivity index (χ1n) is 7.57. The number of ether oxygens (including phenoxy) is 1. The summed E-state index contributed by atoms with van der Waals surface area (Å²) in [4.78, 5) is 16.1. The summed E-state index contributed by atoms with van der Waals surface area (Å²) in [6.45, 7) is 10.4. The zero-order chi connectivity index (χ0) is 15.3. The van der Waals surface area contributed by atoms with Gasteiger partial charge in [0.25, 0.3) is 0 Å². The van der Waals surface area contributed by atoms with Crippen molar-refractivity contribution in [2.24, 2.45) is 0 Å². The molecule has 2 unspecified atom stereocenters. The quantitative estimate of drug-likeness (QED) is 0.857. The first kappa shape index (κ1) is 17.2. The van der Waals surface area contributed by atoms with E-state index in [1.807, 2.05) is 25.7 Å². The summed E-state index contributed by atoms with van der Waals surface area (Å²) >= 11 is 0. The Hall–Kier alpha value is -0.810. The van der Waals surface area contributed by atoms with Gasteiger partial charge in [0.2, 0.25) is 0 Å². The van der Waals surface area contributed by atoms with Crippen molar-refractivity contribution in [2.45, 2.75) is 58.2 Å². The Kier molecular flexibility index (Phi) is 6.27. The molecule has 2 atom stereocenters. The fourth-order valence-corrected chi connectivity index (χ4v) is 2.16. The Morgan fingerprint density at radius 3 is 2.65 bits per heavy atom. The molecule has 1 amide bonds. The second kappa shape index (κ2) is 7.27. The lowest BCUT2D eigenvalue weighted by Crippen LogP contribution is -2.51. The summed E-state index contributed by atoms with van der Waals surface area (Å²) in [5.74, 6) is 0. The van der Waals surface area contributed by atoms with Crippen LogP contribution in [0, 0.1) is 0 Å². The number of likely N-dealkylation sites (tertiary alicyclic amines) is 1. The maximum absolute atomic E-state index is 12.1. The van der Waals surface area contributed by atoms with Gasteiger partial charge in [-0.15, -0.1) is 0 Å². The number of nitrogens with one attached hydrogen (secondary N) is 1. The lowest BCUT2D eigenvalue weighted by molar-refractivity contribution is 0.0186. The molecule has 1 aliphatic rings. The van der Waals surface area contributed by atoms with Crippen molar-refractivity contribution in [1.29, 1.82) is 0 Å². The predicted molar refractivity (Wildman–Crippen MR) is 82.0 cm³/mol. The van der Waals surface area contributed by atoms with Gasteiger partial charge in [-0.25, -0.2) is 4.79 Å². The Balaban J connectivity index is 2.40. The average Bonchev–Trinajstić information content (AvgIpc) is 2.34. The smallest absolute Gasteiger partial charge is 0.410 e. The van der Waals surface area contributed by atoms with Crippen LogP contribution in [-0.2, 0) is 4.74 Å².